The molecule has 1 saturated carbocycles. The highest BCUT2D eigenvalue weighted by Crippen LogP contribution is 2.34. The van der Waals surface area contributed by atoms with Crippen LogP contribution in [0.4, 0.5) is 5.69 Å². The molecule has 3 N–H and O–H groups in total. The Balaban J connectivity index is 1.82. The normalized spacial score (nSPS) is 16.9. The number of amides is 1. The molecule has 1 unspecified atom stereocenters. The fraction of sp³-hybridized carbons (Fsp3) is 0.562. The highest BCUT2D eigenvalue weighted by Gasteiger charge is 2.16. The third kappa shape index (κ3) is 5.34. The number of benzene rings is 1. The number of ether oxygens (including phenoxy) is 1. The van der Waals surface area contributed by atoms with Crippen LogP contribution in [-0.2, 0) is 9.53 Å². The highest BCUT2D eigenvalue weighted by atomic mass is 32.2. The monoisotopic (exact) mass is 308 g/mol. The second-order valence-electron chi connectivity index (χ2n) is 5.39. The predicted molar refractivity (Wildman–Crippen MR) is 87.7 cm³/mol. The van der Waals surface area contributed by atoms with Crippen LogP contribution in [0.25, 0.3) is 0 Å². The average molecular weight is 308 g/mol. The minimum atomic E-state index is -0.220. The number of nitrogens with two attached hydrogens (primary N) is 1. The van der Waals surface area contributed by atoms with Crippen LogP contribution in [0.5, 0.6) is 0 Å². The number of thioether (sulfide) groups is 1. The molecular weight excluding hydrogens is 284 g/mol. The third-order valence-corrected chi connectivity index (χ3v) is 5.10. The Kier molecular flexibility index (Phi) is 6.54. The fourth-order valence-corrected chi connectivity index (χ4v) is 3.74. The van der Waals surface area contributed by atoms with Crippen molar-refractivity contribution < 1.29 is 9.53 Å². The maximum absolute atomic E-state index is 11.9. The lowest BCUT2D eigenvalue weighted by atomic mass is 10.2. The summed E-state index contributed by atoms with van der Waals surface area (Å²) in [6.45, 7) is 0.348. The number of carbonyl (C=O) groups is 1. The van der Waals surface area contributed by atoms with E-state index in [1.807, 2.05) is 23.9 Å². The predicted octanol–water partition coefficient (Wildman–Crippen LogP) is 3.02. The zero-order valence-electron chi connectivity index (χ0n) is 12.5. The van der Waals surface area contributed by atoms with Gasteiger partial charge in [-0.2, -0.15) is 0 Å². The van der Waals surface area contributed by atoms with Crippen LogP contribution in [0.2, 0.25) is 0 Å². The summed E-state index contributed by atoms with van der Waals surface area (Å²) in [6.07, 6.45) is 5.41. The van der Waals surface area contributed by atoms with Gasteiger partial charge in [0.25, 0.3) is 0 Å². The van der Waals surface area contributed by atoms with E-state index in [9.17, 15) is 4.79 Å². The zero-order chi connectivity index (χ0) is 15.1. The van der Waals surface area contributed by atoms with Gasteiger partial charge in [0.05, 0.1) is 12.5 Å². The smallest absolute Gasteiger partial charge is 0.227 e. The van der Waals surface area contributed by atoms with E-state index in [0.717, 1.165) is 10.9 Å². The van der Waals surface area contributed by atoms with Crippen molar-refractivity contribution in [1.82, 2.24) is 0 Å². The number of nitrogens with one attached hydrogen (secondary N) is 1. The van der Waals surface area contributed by atoms with Gasteiger partial charge in [-0.05, 0) is 37.1 Å². The molecule has 0 saturated heterocycles. The standard InChI is InChI=1S/C16H24N2O2S/c1-20-13(11-17)10-16(19)18-12-6-8-15(9-7-12)21-14-4-2-3-5-14/h6-9,13-14H,2-5,10-11,17H2,1H3,(H,18,19). The lowest BCUT2D eigenvalue weighted by Crippen LogP contribution is -2.28. The molecule has 0 spiro atoms. The highest BCUT2D eigenvalue weighted by molar-refractivity contribution is 8.00. The summed E-state index contributed by atoms with van der Waals surface area (Å²) in [5, 5.41) is 3.64. The van der Waals surface area contributed by atoms with Crippen LogP contribution >= 0.6 is 11.8 Å². The number of hydrogen-bond acceptors (Lipinski definition) is 4. The van der Waals surface area contributed by atoms with Crippen molar-refractivity contribution >= 4 is 23.4 Å². The van der Waals surface area contributed by atoms with E-state index in [1.54, 1.807) is 7.11 Å². The van der Waals surface area contributed by atoms with E-state index in [0.29, 0.717) is 6.54 Å². The summed E-state index contributed by atoms with van der Waals surface area (Å²) >= 11 is 1.95. The van der Waals surface area contributed by atoms with Gasteiger partial charge in [0.2, 0.25) is 5.91 Å². The molecule has 0 aliphatic heterocycles. The van der Waals surface area contributed by atoms with Crippen LogP contribution in [-0.4, -0.2) is 30.9 Å². The van der Waals surface area contributed by atoms with Crippen molar-refractivity contribution in [3.8, 4) is 0 Å². The molecular formula is C16H24N2O2S. The molecule has 1 aliphatic carbocycles. The van der Waals surface area contributed by atoms with Gasteiger partial charge in [-0.25, -0.2) is 0 Å². The first-order valence-corrected chi connectivity index (χ1v) is 8.38. The quantitative estimate of drug-likeness (QED) is 0.812. The summed E-state index contributed by atoms with van der Waals surface area (Å²) in [5.41, 5.74) is 6.34. The van der Waals surface area contributed by atoms with Gasteiger partial charge >= 0.3 is 0 Å². The minimum Gasteiger partial charge on any atom is -0.380 e. The third-order valence-electron chi connectivity index (χ3n) is 3.75. The summed E-state index contributed by atoms with van der Waals surface area (Å²) in [5.74, 6) is -0.0662. The van der Waals surface area contributed by atoms with E-state index < -0.39 is 0 Å². The average Bonchev–Trinajstić information content (AvgIpc) is 3.00. The van der Waals surface area contributed by atoms with E-state index in [4.69, 9.17) is 10.5 Å². The van der Waals surface area contributed by atoms with E-state index in [-0.39, 0.29) is 18.4 Å². The Hall–Kier alpha value is -1.04. The van der Waals surface area contributed by atoms with Crippen molar-refractivity contribution in [3.63, 3.8) is 0 Å². The van der Waals surface area contributed by atoms with E-state index in [2.05, 4.69) is 17.4 Å². The molecule has 1 aromatic carbocycles. The van der Waals surface area contributed by atoms with Crippen molar-refractivity contribution in [2.75, 3.05) is 19.0 Å². The Labute approximate surface area is 130 Å². The van der Waals surface area contributed by atoms with Gasteiger partial charge in [0, 0.05) is 29.5 Å². The van der Waals surface area contributed by atoms with Gasteiger partial charge in [-0.15, -0.1) is 11.8 Å². The molecule has 5 heteroatoms. The van der Waals surface area contributed by atoms with Crippen LogP contribution in [0.15, 0.2) is 29.2 Å². The van der Waals surface area contributed by atoms with Crippen LogP contribution < -0.4 is 11.1 Å². The molecule has 116 valence electrons. The zero-order valence-corrected chi connectivity index (χ0v) is 13.3. The van der Waals surface area contributed by atoms with Crippen molar-refractivity contribution in [3.05, 3.63) is 24.3 Å². The molecule has 1 aromatic rings. The van der Waals surface area contributed by atoms with Crippen LogP contribution in [0.3, 0.4) is 0 Å². The second kappa shape index (κ2) is 8.41. The molecule has 0 bridgehead atoms. The Morgan fingerprint density at radius 3 is 2.62 bits per heavy atom. The SMILES string of the molecule is COC(CN)CC(=O)Nc1ccc(SC2CCCC2)cc1. The van der Waals surface area contributed by atoms with Crippen molar-refractivity contribution in [2.24, 2.45) is 5.73 Å². The van der Waals surface area contributed by atoms with Gasteiger partial charge in [-0.3, -0.25) is 4.79 Å². The molecule has 1 fully saturated rings. The van der Waals surface area contributed by atoms with Crippen LogP contribution in [0.1, 0.15) is 32.1 Å². The molecule has 0 aromatic heterocycles. The van der Waals surface area contributed by atoms with Gasteiger partial charge < -0.3 is 15.8 Å². The number of anilines is 1. The molecule has 2 rings (SSSR count). The Morgan fingerprint density at radius 1 is 1.38 bits per heavy atom. The molecule has 21 heavy (non-hydrogen) atoms. The lowest BCUT2D eigenvalue weighted by Gasteiger charge is -2.13. The van der Waals surface area contributed by atoms with Crippen molar-refractivity contribution in [2.45, 2.75) is 48.4 Å². The maximum atomic E-state index is 11.9. The van der Waals surface area contributed by atoms with Crippen LogP contribution in [0, 0.1) is 0 Å². The molecule has 1 amide bonds. The first kappa shape index (κ1) is 16.3. The number of carbonyl (C=O) groups excluding carboxylic acids is 1. The summed E-state index contributed by atoms with van der Waals surface area (Å²) in [4.78, 5) is 13.1. The van der Waals surface area contributed by atoms with Gasteiger partial charge in [-0.1, -0.05) is 12.8 Å². The molecule has 4 nitrogen and oxygen atoms in total. The summed E-state index contributed by atoms with van der Waals surface area (Å²) < 4.78 is 5.11. The molecule has 1 aliphatic rings. The van der Waals surface area contributed by atoms with Gasteiger partial charge in [0.1, 0.15) is 0 Å². The van der Waals surface area contributed by atoms with E-state index in [1.165, 1.54) is 30.6 Å². The van der Waals surface area contributed by atoms with Crippen molar-refractivity contribution in [1.29, 1.82) is 0 Å². The first-order valence-electron chi connectivity index (χ1n) is 7.50. The minimum absolute atomic E-state index is 0.0662. The Morgan fingerprint density at radius 2 is 2.05 bits per heavy atom. The largest absolute Gasteiger partial charge is 0.380 e. The first-order chi connectivity index (χ1) is 10.2. The molecule has 1 atom stereocenters. The number of rotatable bonds is 7. The van der Waals surface area contributed by atoms with Gasteiger partial charge in [0.15, 0.2) is 0 Å². The molecule has 0 heterocycles. The number of hydrogen-bond donors (Lipinski definition) is 2. The Bertz CT molecular complexity index is 440. The summed E-state index contributed by atoms with van der Waals surface area (Å²) in [6, 6.07) is 8.07. The topological polar surface area (TPSA) is 64.3 Å². The summed E-state index contributed by atoms with van der Waals surface area (Å²) in [7, 11) is 1.57. The van der Waals surface area contributed by atoms with E-state index >= 15 is 0 Å². The molecule has 0 radical (unpaired) electrons. The number of methoxy groups -OCH3 is 1. The fourth-order valence-electron chi connectivity index (χ4n) is 2.50. The lowest BCUT2D eigenvalue weighted by molar-refractivity contribution is -0.118. The second-order valence-corrected chi connectivity index (χ2v) is 6.77. The maximum Gasteiger partial charge on any atom is 0.227 e.